The summed E-state index contributed by atoms with van der Waals surface area (Å²) in [5.41, 5.74) is 2.21. The van der Waals surface area contributed by atoms with Crippen LogP contribution in [0.15, 0.2) is 45.5 Å². The fourth-order valence-electron chi connectivity index (χ4n) is 2.92. The summed E-state index contributed by atoms with van der Waals surface area (Å²) < 4.78 is 22.0. The van der Waals surface area contributed by atoms with Gasteiger partial charge in [-0.3, -0.25) is 0 Å². The Balaban J connectivity index is 1.37. The average molecular weight is 364 g/mol. The lowest BCUT2D eigenvalue weighted by Crippen LogP contribution is -1.97. The molecule has 1 fully saturated rings. The van der Waals surface area contributed by atoms with E-state index in [0.29, 0.717) is 34.9 Å². The summed E-state index contributed by atoms with van der Waals surface area (Å²) in [4.78, 5) is 4.31. The highest BCUT2D eigenvalue weighted by Crippen LogP contribution is 2.42. The van der Waals surface area contributed by atoms with Crippen LogP contribution in [0, 0.1) is 0 Å². The van der Waals surface area contributed by atoms with E-state index in [1.165, 1.54) is 0 Å². The van der Waals surface area contributed by atoms with E-state index < -0.39 is 0 Å². The highest BCUT2D eigenvalue weighted by molar-refractivity contribution is 5.81. The Morgan fingerprint density at radius 1 is 1.15 bits per heavy atom. The van der Waals surface area contributed by atoms with Crippen molar-refractivity contribution in [1.82, 2.24) is 20.3 Å². The third-order valence-corrected chi connectivity index (χ3v) is 4.46. The van der Waals surface area contributed by atoms with Gasteiger partial charge in [0.05, 0.1) is 23.8 Å². The van der Waals surface area contributed by atoms with E-state index in [1.54, 1.807) is 13.3 Å². The number of nitrogens with zero attached hydrogens (tertiary/aromatic N) is 4. The summed E-state index contributed by atoms with van der Waals surface area (Å²) >= 11 is 0. The Hall–Kier alpha value is -3.42. The fourth-order valence-corrected chi connectivity index (χ4v) is 2.92. The maximum absolute atomic E-state index is 5.73. The summed E-state index contributed by atoms with van der Waals surface area (Å²) in [5, 5.41) is 13.2. The fraction of sp³-hybridized carbons (Fsp3) is 0.263. The molecule has 8 nitrogen and oxygen atoms in total. The summed E-state index contributed by atoms with van der Waals surface area (Å²) in [6, 6.07) is 9.32. The maximum Gasteiger partial charge on any atom is 0.257 e. The third kappa shape index (κ3) is 2.99. The Morgan fingerprint density at radius 2 is 2.00 bits per heavy atom. The minimum atomic E-state index is 0.142. The highest BCUT2D eigenvalue weighted by Gasteiger charge is 2.29. The quantitative estimate of drug-likeness (QED) is 0.510. The first kappa shape index (κ1) is 15.8. The molecule has 0 radical (unpaired) electrons. The van der Waals surface area contributed by atoms with E-state index in [9.17, 15) is 0 Å². The van der Waals surface area contributed by atoms with Crippen molar-refractivity contribution in [2.45, 2.75) is 25.4 Å². The molecule has 0 spiro atoms. The molecule has 5 rings (SSSR count). The second-order valence-electron chi connectivity index (χ2n) is 6.36. The van der Waals surface area contributed by atoms with Gasteiger partial charge in [0.2, 0.25) is 5.89 Å². The lowest BCUT2D eigenvalue weighted by atomic mass is 10.1. The number of pyridine rings is 1. The van der Waals surface area contributed by atoms with Crippen LogP contribution >= 0.6 is 0 Å². The molecule has 1 aliphatic rings. The van der Waals surface area contributed by atoms with Gasteiger partial charge < -0.3 is 18.4 Å². The van der Waals surface area contributed by atoms with Crippen LogP contribution in [0.5, 0.6) is 11.5 Å². The SMILES string of the molecule is COc1ccccc1OCc1nnc(-c2cnc3onc(C4CC4)c3c2)o1. The Bertz CT molecular complexity index is 1100. The molecule has 0 unspecified atom stereocenters. The summed E-state index contributed by atoms with van der Waals surface area (Å²) in [6.07, 6.45) is 3.91. The molecule has 8 heteroatoms. The van der Waals surface area contributed by atoms with E-state index in [4.69, 9.17) is 18.4 Å². The summed E-state index contributed by atoms with van der Waals surface area (Å²) in [6.45, 7) is 0.142. The molecule has 3 aromatic heterocycles. The van der Waals surface area contributed by atoms with Crippen LogP contribution in [0.4, 0.5) is 0 Å². The van der Waals surface area contributed by atoms with Gasteiger partial charge in [0.1, 0.15) is 0 Å². The average Bonchev–Trinajstić information content (AvgIpc) is 3.29. The van der Waals surface area contributed by atoms with E-state index in [-0.39, 0.29) is 6.61 Å². The predicted octanol–water partition coefficient (Wildman–Crippen LogP) is 3.74. The zero-order valence-corrected chi connectivity index (χ0v) is 14.6. The lowest BCUT2D eigenvalue weighted by molar-refractivity contribution is 0.251. The molecule has 0 saturated heterocycles. The molecule has 1 aromatic carbocycles. The molecule has 136 valence electrons. The number of hydrogen-bond donors (Lipinski definition) is 0. The lowest BCUT2D eigenvalue weighted by Gasteiger charge is -2.07. The summed E-state index contributed by atoms with van der Waals surface area (Å²) in [5.74, 6) is 2.47. The standard InChI is InChI=1S/C19H16N4O4/c1-24-14-4-2-3-5-15(14)25-10-16-21-22-18(26-16)12-8-13-17(11-6-7-11)23-27-19(13)20-9-12/h2-5,8-9,11H,6-7,10H2,1H3. The van der Waals surface area contributed by atoms with Gasteiger partial charge in [0.15, 0.2) is 18.1 Å². The number of fused-ring (bicyclic) bond motifs is 1. The van der Waals surface area contributed by atoms with E-state index in [0.717, 1.165) is 29.5 Å². The molecule has 0 amide bonds. The molecule has 0 aliphatic heterocycles. The molecule has 3 heterocycles. The molecule has 4 aromatic rings. The second kappa shape index (κ2) is 6.39. The predicted molar refractivity (Wildman–Crippen MR) is 94.4 cm³/mol. The Kier molecular flexibility index (Phi) is 3.74. The molecular formula is C19H16N4O4. The minimum absolute atomic E-state index is 0.142. The van der Waals surface area contributed by atoms with Crippen molar-refractivity contribution >= 4 is 11.1 Å². The van der Waals surface area contributed by atoms with Gasteiger partial charge in [-0.15, -0.1) is 10.2 Å². The first-order valence-electron chi connectivity index (χ1n) is 8.65. The van der Waals surface area contributed by atoms with Gasteiger partial charge >= 0.3 is 0 Å². The van der Waals surface area contributed by atoms with Crippen molar-refractivity contribution in [2.24, 2.45) is 0 Å². The van der Waals surface area contributed by atoms with Crippen molar-refractivity contribution in [2.75, 3.05) is 7.11 Å². The molecule has 0 atom stereocenters. The number of para-hydroxylation sites is 2. The van der Waals surface area contributed by atoms with Gasteiger partial charge in [0.25, 0.3) is 11.6 Å². The minimum Gasteiger partial charge on any atom is -0.493 e. The van der Waals surface area contributed by atoms with Gasteiger partial charge in [-0.1, -0.05) is 17.3 Å². The van der Waals surface area contributed by atoms with Crippen molar-refractivity contribution in [1.29, 1.82) is 0 Å². The van der Waals surface area contributed by atoms with Crippen molar-refractivity contribution in [3.05, 3.63) is 48.1 Å². The zero-order chi connectivity index (χ0) is 18.2. The number of benzene rings is 1. The van der Waals surface area contributed by atoms with Crippen LogP contribution < -0.4 is 9.47 Å². The Morgan fingerprint density at radius 3 is 2.81 bits per heavy atom. The third-order valence-electron chi connectivity index (χ3n) is 4.46. The van der Waals surface area contributed by atoms with Crippen LogP contribution in [0.1, 0.15) is 30.3 Å². The molecular weight excluding hydrogens is 348 g/mol. The first-order valence-corrected chi connectivity index (χ1v) is 8.65. The monoisotopic (exact) mass is 364 g/mol. The molecule has 27 heavy (non-hydrogen) atoms. The molecule has 1 aliphatic carbocycles. The molecule has 0 bridgehead atoms. The topological polar surface area (TPSA) is 96.3 Å². The number of hydrogen-bond acceptors (Lipinski definition) is 8. The van der Waals surface area contributed by atoms with Gasteiger partial charge in [-0.05, 0) is 31.0 Å². The Labute approximate surface area is 154 Å². The maximum atomic E-state index is 5.73. The van der Waals surface area contributed by atoms with Crippen LogP contribution in [-0.4, -0.2) is 27.4 Å². The zero-order valence-electron chi connectivity index (χ0n) is 14.6. The highest BCUT2D eigenvalue weighted by atomic mass is 16.5. The van der Waals surface area contributed by atoms with E-state index in [2.05, 4.69) is 20.3 Å². The van der Waals surface area contributed by atoms with E-state index in [1.807, 2.05) is 30.3 Å². The second-order valence-corrected chi connectivity index (χ2v) is 6.36. The number of methoxy groups -OCH3 is 1. The van der Waals surface area contributed by atoms with Crippen LogP contribution in [0.2, 0.25) is 0 Å². The number of aromatic nitrogens is 4. The largest absolute Gasteiger partial charge is 0.493 e. The van der Waals surface area contributed by atoms with Crippen LogP contribution in [0.3, 0.4) is 0 Å². The number of rotatable bonds is 6. The van der Waals surface area contributed by atoms with Gasteiger partial charge in [-0.25, -0.2) is 4.98 Å². The van der Waals surface area contributed by atoms with E-state index >= 15 is 0 Å². The molecule has 1 saturated carbocycles. The summed E-state index contributed by atoms with van der Waals surface area (Å²) in [7, 11) is 1.59. The van der Waals surface area contributed by atoms with Crippen molar-refractivity contribution in [3.63, 3.8) is 0 Å². The van der Waals surface area contributed by atoms with Gasteiger partial charge in [0, 0.05) is 12.1 Å². The first-order chi connectivity index (χ1) is 13.3. The van der Waals surface area contributed by atoms with Crippen LogP contribution in [0.25, 0.3) is 22.6 Å². The molecule has 0 N–H and O–H groups in total. The number of ether oxygens (including phenoxy) is 2. The van der Waals surface area contributed by atoms with Gasteiger partial charge in [-0.2, -0.15) is 0 Å². The normalized spacial score (nSPS) is 13.8. The smallest absolute Gasteiger partial charge is 0.257 e. The van der Waals surface area contributed by atoms with Crippen molar-refractivity contribution < 1.29 is 18.4 Å². The van der Waals surface area contributed by atoms with Crippen LogP contribution in [-0.2, 0) is 6.61 Å². The van der Waals surface area contributed by atoms with Crippen molar-refractivity contribution in [3.8, 4) is 23.0 Å².